The van der Waals surface area contributed by atoms with Gasteiger partial charge < -0.3 is 14.7 Å². The zero-order chi connectivity index (χ0) is 28.5. The molecular formula is C36H42N4. The number of hydrogen-bond donors (Lipinski definition) is 0. The first-order valence-electron chi connectivity index (χ1n) is 14.1. The molecule has 0 amide bonds. The first-order valence-corrected chi connectivity index (χ1v) is 14.1. The molecule has 0 radical (unpaired) electrons. The summed E-state index contributed by atoms with van der Waals surface area (Å²) in [6, 6.07) is 34.9. The van der Waals surface area contributed by atoms with Gasteiger partial charge in [0.2, 0.25) is 0 Å². The number of nitrogens with zero attached hydrogens (tertiary/aromatic N) is 4. The zero-order valence-corrected chi connectivity index (χ0v) is 25.0. The van der Waals surface area contributed by atoms with Gasteiger partial charge in [0.05, 0.1) is 12.4 Å². The molecule has 2 heterocycles. The molecule has 0 bridgehead atoms. The van der Waals surface area contributed by atoms with E-state index >= 15 is 0 Å². The van der Waals surface area contributed by atoms with Crippen molar-refractivity contribution in [2.75, 3.05) is 23.5 Å². The lowest BCUT2D eigenvalue weighted by Crippen LogP contribution is -2.51. The number of hydrogen-bond acceptors (Lipinski definition) is 4. The molecule has 0 fully saturated rings. The van der Waals surface area contributed by atoms with E-state index < -0.39 is 0 Å². The van der Waals surface area contributed by atoms with E-state index in [0.29, 0.717) is 0 Å². The quantitative estimate of drug-likeness (QED) is 0.248. The maximum atomic E-state index is 4.98. The molecule has 40 heavy (non-hydrogen) atoms. The number of aromatic nitrogens is 1. The molecule has 1 aliphatic heterocycles. The van der Waals surface area contributed by atoms with Crippen LogP contribution in [-0.2, 0) is 5.41 Å². The van der Waals surface area contributed by atoms with Crippen molar-refractivity contribution in [3.8, 4) is 0 Å². The molecule has 4 heteroatoms. The predicted molar refractivity (Wildman–Crippen MR) is 169 cm³/mol. The van der Waals surface area contributed by atoms with Gasteiger partial charge in [0.15, 0.2) is 0 Å². The number of benzene rings is 3. The van der Waals surface area contributed by atoms with Crippen molar-refractivity contribution in [2.45, 2.75) is 47.0 Å². The van der Waals surface area contributed by atoms with Crippen molar-refractivity contribution < 1.29 is 0 Å². The van der Waals surface area contributed by atoms with Crippen LogP contribution in [0.5, 0.6) is 0 Å². The van der Waals surface area contributed by atoms with Crippen LogP contribution in [0.2, 0.25) is 0 Å². The fraction of sp³-hybridized carbons (Fsp3) is 0.306. The Morgan fingerprint density at radius 3 is 1.88 bits per heavy atom. The van der Waals surface area contributed by atoms with E-state index in [-0.39, 0.29) is 16.2 Å². The average Bonchev–Trinajstić information content (AvgIpc) is 3.36. The summed E-state index contributed by atoms with van der Waals surface area (Å²) in [6.45, 7) is 14.9. The molecule has 1 aliphatic rings. The highest BCUT2D eigenvalue weighted by Crippen LogP contribution is 2.57. The van der Waals surface area contributed by atoms with Crippen LogP contribution in [-0.4, -0.2) is 23.6 Å². The van der Waals surface area contributed by atoms with Crippen LogP contribution in [0, 0.1) is 10.8 Å². The summed E-state index contributed by atoms with van der Waals surface area (Å²) in [6.07, 6.45) is 6.18. The molecular weight excluding hydrogens is 488 g/mol. The summed E-state index contributed by atoms with van der Waals surface area (Å²) < 4.78 is 0. The molecule has 3 aromatic carbocycles. The second-order valence-corrected chi connectivity index (χ2v) is 12.9. The first-order chi connectivity index (χ1) is 19.0. The molecule has 0 atom stereocenters. The van der Waals surface area contributed by atoms with Crippen LogP contribution < -0.4 is 9.80 Å². The Kier molecular flexibility index (Phi) is 7.22. The van der Waals surface area contributed by atoms with Gasteiger partial charge in [-0.2, -0.15) is 0 Å². The lowest BCUT2D eigenvalue weighted by atomic mass is 9.49. The van der Waals surface area contributed by atoms with Gasteiger partial charge in [-0.15, -0.1) is 0 Å². The molecule has 4 aromatic rings. The Balaban J connectivity index is 1.71. The Morgan fingerprint density at radius 2 is 1.27 bits per heavy atom. The SMILES string of the molecule is CN1C=CN(c2cccc(N(c3ccccc3)c3cccc(C(c4ccccn4)(C(C)(C)C)C(C)(C)C)c3)c2)C1. The fourth-order valence-electron chi connectivity index (χ4n) is 6.90. The largest absolute Gasteiger partial charge is 0.361 e. The van der Waals surface area contributed by atoms with Crippen LogP contribution in [0.15, 0.2) is 116 Å². The lowest BCUT2D eigenvalue weighted by molar-refractivity contribution is 0.0866. The zero-order valence-electron chi connectivity index (χ0n) is 25.0. The van der Waals surface area contributed by atoms with Gasteiger partial charge in [0.25, 0.3) is 0 Å². The molecule has 4 nitrogen and oxygen atoms in total. The number of pyridine rings is 1. The molecule has 0 spiro atoms. The van der Waals surface area contributed by atoms with Crippen molar-refractivity contribution in [3.05, 3.63) is 127 Å². The van der Waals surface area contributed by atoms with Crippen LogP contribution in [0.3, 0.4) is 0 Å². The fourth-order valence-corrected chi connectivity index (χ4v) is 6.90. The Hall–Kier alpha value is -4.05. The van der Waals surface area contributed by atoms with Gasteiger partial charge in [-0.25, -0.2) is 0 Å². The highest BCUT2D eigenvalue weighted by molar-refractivity contribution is 5.79. The minimum atomic E-state index is -0.341. The van der Waals surface area contributed by atoms with E-state index in [9.17, 15) is 0 Å². The maximum Gasteiger partial charge on any atom is 0.0938 e. The van der Waals surface area contributed by atoms with Crippen molar-refractivity contribution >= 4 is 22.7 Å². The predicted octanol–water partition coefficient (Wildman–Crippen LogP) is 9.11. The van der Waals surface area contributed by atoms with E-state index in [1.165, 1.54) is 11.3 Å². The third-order valence-electron chi connectivity index (χ3n) is 8.15. The smallest absolute Gasteiger partial charge is 0.0938 e. The molecule has 0 saturated heterocycles. The maximum absolute atomic E-state index is 4.98. The van der Waals surface area contributed by atoms with Crippen molar-refractivity contribution in [2.24, 2.45) is 10.8 Å². The summed E-state index contributed by atoms with van der Waals surface area (Å²) in [5.41, 5.74) is 6.36. The third kappa shape index (κ3) is 4.88. The Morgan fingerprint density at radius 1 is 0.650 bits per heavy atom. The molecule has 0 unspecified atom stereocenters. The Bertz CT molecular complexity index is 1450. The van der Waals surface area contributed by atoms with E-state index in [2.05, 4.69) is 167 Å². The third-order valence-corrected chi connectivity index (χ3v) is 8.15. The summed E-state index contributed by atoms with van der Waals surface area (Å²) >= 11 is 0. The Labute approximate surface area is 240 Å². The first kappa shape index (κ1) is 27.5. The molecule has 0 saturated carbocycles. The normalized spacial score (nSPS) is 14.1. The van der Waals surface area contributed by atoms with Gasteiger partial charge in [0, 0.05) is 53.8 Å². The second kappa shape index (κ2) is 10.5. The van der Waals surface area contributed by atoms with Gasteiger partial charge in [-0.05, 0) is 71.0 Å². The summed E-state index contributed by atoms with van der Waals surface area (Å²) in [5.74, 6) is 0. The molecule has 0 N–H and O–H groups in total. The molecule has 1 aromatic heterocycles. The van der Waals surface area contributed by atoms with E-state index in [1.54, 1.807) is 0 Å². The van der Waals surface area contributed by atoms with E-state index in [0.717, 1.165) is 29.4 Å². The number of para-hydroxylation sites is 1. The minimum absolute atomic E-state index is 0.107. The average molecular weight is 531 g/mol. The summed E-state index contributed by atoms with van der Waals surface area (Å²) in [5, 5.41) is 0. The number of rotatable bonds is 6. The van der Waals surface area contributed by atoms with Gasteiger partial charge >= 0.3 is 0 Å². The number of anilines is 4. The van der Waals surface area contributed by atoms with E-state index in [4.69, 9.17) is 4.98 Å². The highest BCUT2D eigenvalue weighted by atomic mass is 15.3. The summed E-state index contributed by atoms with van der Waals surface area (Å²) in [7, 11) is 2.10. The molecule has 5 rings (SSSR count). The summed E-state index contributed by atoms with van der Waals surface area (Å²) in [4.78, 5) is 11.8. The van der Waals surface area contributed by atoms with Gasteiger partial charge in [-0.3, -0.25) is 4.98 Å². The lowest BCUT2D eigenvalue weighted by Gasteiger charge is -2.54. The van der Waals surface area contributed by atoms with Crippen LogP contribution in [0.25, 0.3) is 0 Å². The molecule has 206 valence electrons. The van der Waals surface area contributed by atoms with Crippen LogP contribution in [0.1, 0.15) is 52.8 Å². The molecule has 0 aliphatic carbocycles. The topological polar surface area (TPSA) is 22.6 Å². The van der Waals surface area contributed by atoms with Crippen LogP contribution in [0.4, 0.5) is 22.7 Å². The monoisotopic (exact) mass is 530 g/mol. The van der Waals surface area contributed by atoms with Gasteiger partial charge in [0.1, 0.15) is 0 Å². The standard InChI is InChI=1S/C36H42N4/c1-34(2,3)36(35(4,5)6,33-21-11-12-22-37-33)28-15-13-19-31(25-28)40(29-16-9-8-10-17-29)32-20-14-18-30(26-32)39-24-23-38(7)27-39/h8-26H,27H2,1-7H3. The van der Waals surface area contributed by atoms with Gasteiger partial charge in [-0.1, -0.05) is 84.0 Å². The van der Waals surface area contributed by atoms with Crippen LogP contribution >= 0.6 is 0 Å². The van der Waals surface area contributed by atoms with Crippen molar-refractivity contribution in [1.82, 2.24) is 9.88 Å². The second-order valence-electron chi connectivity index (χ2n) is 12.9. The van der Waals surface area contributed by atoms with Crippen molar-refractivity contribution in [3.63, 3.8) is 0 Å². The van der Waals surface area contributed by atoms with E-state index in [1.807, 2.05) is 12.3 Å². The van der Waals surface area contributed by atoms with Crippen molar-refractivity contribution in [1.29, 1.82) is 0 Å². The minimum Gasteiger partial charge on any atom is -0.361 e. The highest BCUT2D eigenvalue weighted by Gasteiger charge is 2.54.